The lowest BCUT2D eigenvalue weighted by atomic mass is 9.74. The fourth-order valence-corrected chi connectivity index (χ4v) is 2.39. The molecule has 3 heteroatoms. The van der Waals surface area contributed by atoms with Gasteiger partial charge in [-0.05, 0) is 23.0 Å². The zero-order chi connectivity index (χ0) is 16.6. The Morgan fingerprint density at radius 3 is 1.86 bits per heavy atom. The highest BCUT2D eigenvalue weighted by Gasteiger charge is 2.32. The summed E-state index contributed by atoms with van der Waals surface area (Å²) >= 11 is 0. The van der Waals surface area contributed by atoms with Crippen molar-refractivity contribution in [1.29, 1.82) is 0 Å². The molecule has 0 heterocycles. The predicted molar refractivity (Wildman–Crippen MR) is 86.0 cm³/mol. The van der Waals surface area contributed by atoms with Crippen LogP contribution in [-0.4, -0.2) is 11.1 Å². The second kappa shape index (κ2) is 5.70. The maximum absolute atomic E-state index is 12.0. The Morgan fingerprint density at radius 1 is 1.00 bits per heavy atom. The molecule has 118 valence electrons. The third-order valence-electron chi connectivity index (χ3n) is 3.33. The molecule has 0 unspecified atom stereocenters. The molecule has 3 nitrogen and oxygen atoms in total. The third kappa shape index (κ3) is 3.99. The fourth-order valence-electron chi connectivity index (χ4n) is 2.39. The van der Waals surface area contributed by atoms with Crippen LogP contribution in [0.4, 0.5) is 0 Å². The molecule has 0 radical (unpaired) electrons. The van der Waals surface area contributed by atoms with E-state index in [1.54, 1.807) is 12.1 Å². The van der Waals surface area contributed by atoms with Crippen LogP contribution in [0.2, 0.25) is 0 Å². The van der Waals surface area contributed by atoms with Crippen LogP contribution in [0.5, 0.6) is 11.5 Å². The van der Waals surface area contributed by atoms with Crippen LogP contribution in [0.25, 0.3) is 0 Å². The van der Waals surface area contributed by atoms with E-state index in [1.807, 2.05) is 34.6 Å². The first kappa shape index (κ1) is 17.5. The molecule has 1 N–H and O–H groups in total. The minimum absolute atomic E-state index is 0.190. The Kier molecular flexibility index (Phi) is 4.76. The molecule has 1 aromatic carbocycles. The average molecular weight is 292 g/mol. The minimum Gasteiger partial charge on any atom is -0.508 e. The van der Waals surface area contributed by atoms with Gasteiger partial charge in [-0.2, -0.15) is 0 Å². The number of carbonyl (C=O) groups excluding carboxylic acids is 1. The number of rotatable bonds is 2. The Labute approximate surface area is 128 Å². The van der Waals surface area contributed by atoms with Gasteiger partial charge in [-0.25, -0.2) is 0 Å². The zero-order valence-corrected chi connectivity index (χ0v) is 14.5. The summed E-state index contributed by atoms with van der Waals surface area (Å²) in [6.07, 6.45) is 0. The number of aromatic hydroxyl groups is 1. The van der Waals surface area contributed by atoms with Crippen molar-refractivity contribution in [2.45, 2.75) is 66.2 Å². The van der Waals surface area contributed by atoms with Crippen molar-refractivity contribution in [1.82, 2.24) is 0 Å². The van der Waals surface area contributed by atoms with E-state index in [1.165, 1.54) is 0 Å². The molecule has 0 aliphatic rings. The molecular weight excluding hydrogens is 264 g/mol. The molecule has 0 aliphatic carbocycles. The molecule has 0 fully saturated rings. The normalized spacial score (nSPS) is 12.6. The van der Waals surface area contributed by atoms with E-state index in [-0.39, 0.29) is 28.5 Å². The first-order valence-electron chi connectivity index (χ1n) is 7.44. The first-order valence-corrected chi connectivity index (χ1v) is 7.44. The van der Waals surface area contributed by atoms with Gasteiger partial charge in [-0.1, -0.05) is 55.4 Å². The molecule has 0 amide bonds. The summed E-state index contributed by atoms with van der Waals surface area (Å²) in [5, 5.41) is 10.3. The number of ether oxygens (including phenoxy) is 1. The molecule has 0 spiro atoms. The van der Waals surface area contributed by atoms with Gasteiger partial charge in [0, 0.05) is 11.1 Å². The van der Waals surface area contributed by atoms with E-state index in [0.717, 1.165) is 11.1 Å². The predicted octanol–water partition coefficient (Wildman–Crippen LogP) is 4.55. The first-order chi connectivity index (χ1) is 9.35. The summed E-state index contributed by atoms with van der Waals surface area (Å²) in [5.74, 6) is 0.344. The number of esters is 1. The monoisotopic (exact) mass is 292 g/mol. The van der Waals surface area contributed by atoms with Crippen LogP contribution in [0.1, 0.15) is 66.5 Å². The summed E-state index contributed by atoms with van der Waals surface area (Å²) < 4.78 is 5.57. The van der Waals surface area contributed by atoms with E-state index in [2.05, 4.69) is 20.8 Å². The van der Waals surface area contributed by atoms with E-state index < -0.39 is 0 Å². The molecule has 1 aromatic rings. The van der Waals surface area contributed by atoms with Gasteiger partial charge >= 0.3 is 5.97 Å². The maximum Gasteiger partial charge on any atom is 0.313 e. The molecule has 0 saturated carbocycles. The van der Waals surface area contributed by atoms with E-state index in [4.69, 9.17) is 4.74 Å². The van der Waals surface area contributed by atoms with Crippen molar-refractivity contribution in [3.63, 3.8) is 0 Å². The second-order valence-electron chi connectivity index (χ2n) is 7.91. The van der Waals surface area contributed by atoms with Crippen molar-refractivity contribution in [2.75, 3.05) is 0 Å². The van der Waals surface area contributed by atoms with Gasteiger partial charge in [-0.3, -0.25) is 4.79 Å². The molecule has 0 saturated heterocycles. The number of carbonyl (C=O) groups is 1. The van der Waals surface area contributed by atoms with Crippen LogP contribution in [0.15, 0.2) is 12.1 Å². The van der Waals surface area contributed by atoms with E-state index in [9.17, 15) is 9.90 Å². The summed E-state index contributed by atoms with van der Waals surface area (Å²) in [6.45, 7) is 15.9. The van der Waals surface area contributed by atoms with E-state index >= 15 is 0 Å². The van der Waals surface area contributed by atoms with Gasteiger partial charge in [0.15, 0.2) is 0 Å². The quantitative estimate of drug-likeness (QED) is 0.642. The number of phenols is 1. The standard InChI is InChI=1S/C18H28O3/c1-11(2)16(20)21-13-10-9-12(19)14(17(3,4)5)15(13)18(6,7)8/h9-11,19H,1-8H3. The van der Waals surface area contributed by atoms with Crippen molar-refractivity contribution in [3.05, 3.63) is 23.3 Å². The van der Waals surface area contributed by atoms with Crippen LogP contribution < -0.4 is 4.74 Å². The molecule has 0 bridgehead atoms. The fraction of sp³-hybridized carbons (Fsp3) is 0.611. The van der Waals surface area contributed by atoms with Crippen molar-refractivity contribution in [3.8, 4) is 11.5 Å². The summed E-state index contributed by atoms with van der Waals surface area (Å²) in [5.41, 5.74) is 1.24. The highest BCUT2D eigenvalue weighted by atomic mass is 16.5. The van der Waals surface area contributed by atoms with Crippen LogP contribution in [0.3, 0.4) is 0 Å². The lowest BCUT2D eigenvalue weighted by molar-refractivity contribution is -0.137. The third-order valence-corrected chi connectivity index (χ3v) is 3.33. The van der Waals surface area contributed by atoms with Gasteiger partial charge in [0.2, 0.25) is 0 Å². The number of hydrogen-bond donors (Lipinski definition) is 1. The topological polar surface area (TPSA) is 46.5 Å². The second-order valence-corrected chi connectivity index (χ2v) is 7.91. The molecular formula is C18H28O3. The van der Waals surface area contributed by atoms with Crippen LogP contribution >= 0.6 is 0 Å². The highest BCUT2D eigenvalue weighted by molar-refractivity contribution is 5.75. The Hall–Kier alpha value is -1.51. The summed E-state index contributed by atoms with van der Waals surface area (Å²) in [7, 11) is 0. The highest BCUT2D eigenvalue weighted by Crippen LogP contribution is 2.44. The largest absolute Gasteiger partial charge is 0.508 e. The summed E-state index contributed by atoms with van der Waals surface area (Å²) in [6, 6.07) is 3.30. The van der Waals surface area contributed by atoms with Crippen molar-refractivity contribution >= 4 is 5.97 Å². The minimum atomic E-state index is -0.258. The summed E-state index contributed by atoms with van der Waals surface area (Å²) in [4.78, 5) is 12.0. The molecule has 0 aliphatic heterocycles. The maximum atomic E-state index is 12.0. The van der Waals surface area contributed by atoms with E-state index in [0.29, 0.717) is 5.75 Å². The molecule has 1 rings (SSSR count). The Bertz CT molecular complexity index is 529. The van der Waals surface area contributed by atoms with Crippen molar-refractivity contribution in [2.24, 2.45) is 5.92 Å². The van der Waals surface area contributed by atoms with Crippen LogP contribution in [0, 0.1) is 5.92 Å². The smallest absolute Gasteiger partial charge is 0.313 e. The Morgan fingerprint density at radius 2 is 1.48 bits per heavy atom. The number of phenolic OH excluding ortho intramolecular Hbond substituents is 1. The average Bonchev–Trinajstić information content (AvgIpc) is 2.27. The lowest BCUT2D eigenvalue weighted by Gasteiger charge is -2.32. The number of benzene rings is 1. The lowest BCUT2D eigenvalue weighted by Crippen LogP contribution is -2.25. The Balaban J connectivity index is 3.57. The van der Waals surface area contributed by atoms with Gasteiger partial charge in [0.05, 0.1) is 5.92 Å². The van der Waals surface area contributed by atoms with Gasteiger partial charge < -0.3 is 9.84 Å². The number of hydrogen-bond acceptors (Lipinski definition) is 3. The van der Waals surface area contributed by atoms with Crippen LogP contribution in [-0.2, 0) is 15.6 Å². The zero-order valence-electron chi connectivity index (χ0n) is 14.5. The SMILES string of the molecule is CC(C)C(=O)Oc1ccc(O)c(C(C)(C)C)c1C(C)(C)C. The molecule has 0 aromatic heterocycles. The van der Waals surface area contributed by atoms with Gasteiger partial charge in [-0.15, -0.1) is 0 Å². The van der Waals surface area contributed by atoms with Gasteiger partial charge in [0.25, 0.3) is 0 Å². The van der Waals surface area contributed by atoms with Gasteiger partial charge in [0.1, 0.15) is 11.5 Å². The molecule has 21 heavy (non-hydrogen) atoms. The van der Waals surface area contributed by atoms with Crippen molar-refractivity contribution < 1.29 is 14.6 Å². The molecule has 0 atom stereocenters.